The maximum absolute atomic E-state index is 13.4. The van der Waals surface area contributed by atoms with Gasteiger partial charge in [0, 0.05) is 6.20 Å². The molecule has 0 bridgehead atoms. The molecule has 1 aromatic heterocycles. The summed E-state index contributed by atoms with van der Waals surface area (Å²) in [5.41, 5.74) is 0. The van der Waals surface area contributed by atoms with Gasteiger partial charge in [0.2, 0.25) is 0 Å². The average Bonchev–Trinajstić information content (AvgIpc) is 2.51. The van der Waals surface area contributed by atoms with Crippen molar-refractivity contribution in [1.82, 2.24) is 15.1 Å². The maximum Gasteiger partial charge on any atom is 0.282 e. The summed E-state index contributed by atoms with van der Waals surface area (Å²) in [6, 6.07) is -0.824. The SMILES string of the molecule is FC1(F)CNCC[C@@H]1n1cc(Br)cn1. The van der Waals surface area contributed by atoms with Crippen molar-refractivity contribution in [3.63, 3.8) is 0 Å². The topological polar surface area (TPSA) is 29.9 Å². The molecule has 0 saturated carbocycles. The van der Waals surface area contributed by atoms with Gasteiger partial charge in [0.05, 0.1) is 17.2 Å². The average molecular weight is 266 g/mol. The largest absolute Gasteiger partial charge is 0.311 e. The number of rotatable bonds is 1. The zero-order valence-electron chi connectivity index (χ0n) is 7.38. The highest BCUT2D eigenvalue weighted by Gasteiger charge is 2.43. The van der Waals surface area contributed by atoms with Gasteiger partial charge >= 0.3 is 0 Å². The molecule has 0 unspecified atom stereocenters. The number of nitrogens with zero attached hydrogens (tertiary/aromatic N) is 2. The number of piperidine rings is 1. The molecule has 6 heteroatoms. The van der Waals surface area contributed by atoms with Crippen molar-refractivity contribution in [3.8, 4) is 0 Å². The third-order valence-corrected chi connectivity index (χ3v) is 2.74. The quantitative estimate of drug-likeness (QED) is 0.840. The minimum Gasteiger partial charge on any atom is -0.311 e. The van der Waals surface area contributed by atoms with Gasteiger partial charge in [-0.15, -0.1) is 0 Å². The lowest BCUT2D eigenvalue weighted by Crippen LogP contribution is -2.47. The molecule has 1 aliphatic rings. The molecule has 3 nitrogen and oxygen atoms in total. The van der Waals surface area contributed by atoms with Crippen molar-refractivity contribution >= 4 is 15.9 Å². The Bertz CT molecular complexity index is 326. The molecule has 1 atom stereocenters. The first-order valence-electron chi connectivity index (χ1n) is 4.38. The van der Waals surface area contributed by atoms with Gasteiger partial charge in [-0.3, -0.25) is 4.68 Å². The predicted molar refractivity (Wildman–Crippen MR) is 51.4 cm³/mol. The Morgan fingerprint density at radius 3 is 3.00 bits per heavy atom. The van der Waals surface area contributed by atoms with E-state index < -0.39 is 12.0 Å². The molecule has 0 aliphatic carbocycles. The van der Waals surface area contributed by atoms with Crippen LogP contribution in [0.4, 0.5) is 8.78 Å². The van der Waals surface area contributed by atoms with Crippen LogP contribution < -0.4 is 5.32 Å². The molecule has 78 valence electrons. The van der Waals surface area contributed by atoms with E-state index >= 15 is 0 Å². The highest BCUT2D eigenvalue weighted by Crippen LogP contribution is 2.33. The van der Waals surface area contributed by atoms with Crippen molar-refractivity contribution in [2.45, 2.75) is 18.4 Å². The first kappa shape index (κ1) is 10.0. The van der Waals surface area contributed by atoms with Crippen LogP contribution in [-0.2, 0) is 0 Å². The van der Waals surface area contributed by atoms with E-state index in [4.69, 9.17) is 0 Å². The third kappa shape index (κ3) is 1.81. The van der Waals surface area contributed by atoms with Crippen LogP contribution in [-0.4, -0.2) is 28.8 Å². The molecule has 14 heavy (non-hydrogen) atoms. The van der Waals surface area contributed by atoms with E-state index in [9.17, 15) is 8.78 Å². The Hall–Kier alpha value is -0.490. The molecule has 1 saturated heterocycles. The van der Waals surface area contributed by atoms with Crippen molar-refractivity contribution in [2.24, 2.45) is 0 Å². The fourth-order valence-corrected chi connectivity index (χ4v) is 1.94. The van der Waals surface area contributed by atoms with Gasteiger partial charge in [-0.05, 0) is 28.9 Å². The molecule has 0 spiro atoms. The lowest BCUT2D eigenvalue weighted by molar-refractivity contribution is -0.0697. The zero-order chi connectivity index (χ0) is 10.2. The minimum absolute atomic E-state index is 0.269. The van der Waals surface area contributed by atoms with Crippen LogP contribution >= 0.6 is 15.9 Å². The summed E-state index contributed by atoms with van der Waals surface area (Å²) in [6.45, 7) is 0.340. The van der Waals surface area contributed by atoms with Crippen molar-refractivity contribution in [3.05, 3.63) is 16.9 Å². The monoisotopic (exact) mass is 265 g/mol. The Balaban J connectivity index is 2.23. The van der Waals surface area contributed by atoms with Crippen LogP contribution in [0, 0.1) is 0 Å². The second-order valence-electron chi connectivity index (χ2n) is 3.38. The molecule has 2 heterocycles. The Morgan fingerprint density at radius 1 is 1.64 bits per heavy atom. The van der Waals surface area contributed by atoms with Gasteiger partial charge in [-0.1, -0.05) is 0 Å². The molecule has 0 amide bonds. The summed E-state index contributed by atoms with van der Waals surface area (Å²) in [5, 5.41) is 6.58. The van der Waals surface area contributed by atoms with Crippen molar-refractivity contribution in [2.75, 3.05) is 13.1 Å². The van der Waals surface area contributed by atoms with E-state index in [1.165, 1.54) is 10.9 Å². The summed E-state index contributed by atoms with van der Waals surface area (Å²) in [7, 11) is 0. The van der Waals surface area contributed by atoms with Gasteiger partial charge in [0.15, 0.2) is 0 Å². The molecule has 1 N–H and O–H groups in total. The summed E-state index contributed by atoms with van der Waals surface area (Å²) in [5.74, 6) is -2.72. The Morgan fingerprint density at radius 2 is 2.43 bits per heavy atom. The summed E-state index contributed by atoms with van der Waals surface area (Å²) in [4.78, 5) is 0. The van der Waals surface area contributed by atoms with Crippen LogP contribution in [0.5, 0.6) is 0 Å². The fraction of sp³-hybridized carbons (Fsp3) is 0.625. The summed E-state index contributed by atoms with van der Waals surface area (Å²) in [6.07, 6.45) is 3.52. The number of nitrogens with one attached hydrogen (secondary N) is 1. The van der Waals surface area contributed by atoms with E-state index in [2.05, 4.69) is 26.3 Å². The zero-order valence-corrected chi connectivity index (χ0v) is 8.97. The number of alkyl halides is 2. The van der Waals surface area contributed by atoms with Crippen LogP contribution in [0.25, 0.3) is 0 Å². The smallest absolute Gasteiger partial charge is 0.282 e. The molecule has 1 aliphatic heterocycles. The van der Waals surface area contributed by atoms with Gasteiger partial charge in [-0.2, -0.15) is 5.10 Å². The first-order valence-corrected chi connectivity index (χ1v) is 5.17. The second-order valence-corrected chi connectivity index (χ2v) is 4.30. The van der Waals surface area contributed by atoms with Crippen LogP contribution in [0.2, 0.25) is 0 Å². The lowest BCUT2D eigenvalue weighted by atomic mass is 10.0. The van der Waals surface area contributed by atoms with E-state index in [-0.39, 0.29) is 6.54 Å². The first-order chi connectivity index (χ1) is 6.59. The van der Waals surface area contributed by atoms with E-state index in [1.807, 2.05) is 0 Å². The Labute approximate surface area is 88.6 Å². The number of halogens is 3. The highest BCUT2D eigenvalue weighted by molar-refractivity contribution is 9.10. The minimum atomic E-state index is -2.72. The molecular weight excluding hydrogens is 256 g/mol. The normalized spacial score (nSPS) is 26.4. The van der Waals surface area contributed by atoms with Gasteiger partial charge < -0.3 is 5.32 Å². The van der Waals surface area contributed by atoms with Crippen molar-refractivity contribution < 1.29 is 8.78 Å². The van der Waals surface area contributed by atoms with E-state index in [0.29, 0.717) is 13.0 Å². The summed E-state index contributed by atoms with van der Waals surface area (Å²) >= 11 is 3.19. The van der Waals surface area contributed by atoms with Crippen LogP contribution in [0.15, 0.2) is 16.9 Å². The Kier molecular flexibility index (Phi) is 2.57. The molecule has 0 radical (unpaired) electrons. The number of hydrogen-bond donors (Lipinski definition) is 1. The molecule has 1 fully saturated rings. The van der Waals surface area contributed by atoms with Gasteiger partial charge in [0.25, 0.3) is 5.92 Å². The maximum atomic E-state index is 13.4. The fourth-order valence-electron chi connectivity index (χ4n) is 1.63. The van der Waals surface area contributed by atoms with Crippen molar-refractivity contribution in [1.29, 1.82) is 0 Å². The van der Waals surface area contributed by atoms with E-state index in [0.717, 1.165) is 4.47 Å². The predicted octanol–water partition coefficient (Wildman–Crippen LogP) is 1.82. The molecular formula is C8H10BrF2N3. The van der Waals surface area contributed by atoms with E-state index in [1.54, 1.807) is 6.20 Å². The third-order valence-electron chi connectivity index (χ3n) is 2.33. The number of aromatic nitrogens is 2. The van der Waals surface area contributed by atoms with Gasteiger partial charge in [-0.25, -0.2) is 8.78 Å². The number of hydrogen-bond acceptors (Lipinski definition) is 2. The van der Waals surface area contributed by atoms with Gasteiger partial charge in [0.1, 0.15) is 6.04 Å². The highest BCUT2D eigenvalue weighted by atomic mass is 79.9. The standard InChI is InChI=1S/C8H10BrF2N3/c9-6-3-13-14(4-6)7-1-2-12-5-8(7,10)11/h3-4,7,12H,1-2,5H2/t7-/m0/s1. The molecule has 1 aromatic rings. The second kappa shape index (κ2) is 3.58. The van der Waals surface area contributed by atoms with Crippen LogP contribution in [0.1, 0.15) is 12.5 Å². The van der Waals surface area contributed by atoms with Crippen LogP contribution in [0.3, 0.4) is 0 Å². The molecule has 0 aromatic carbocycles. The lowest BCUT2D eigenvalue weighted by Gasteiger charge is -2.31. The molecule has 2 rings (SSSR count). The summed E-state index contributed by atoms with van der Waals surface area (Å²) < 4.78 is 28.9.